The lowest BCUT2D eigenvalue weighted by atomic mass is 10.1. The van der Waals surface area contributed by atoms with E-state index in [0.717, 1.165) is 24.0 Å². The van der Waals surface area contributed by atoms with Crippen molar-refractivity contribution in [1.29, 1.82) is 0 Å². The highest BCUT2D eigenvalue weighted by molar-refractivity contribution is 7.98. The van der Waals surface area contributed by atoms with Crippen LogP contribution in [0, 0.1) is 0 Å². The molecule has 20 heavy (non-hydrogen) atoms. The Kier molecular flexibility index (Phi) is 4.77. The summed E-state index contributed by atoms with van der Waals surface area (Å²) in [5, 5.41) is 20.3. The van der Waals surface area contributed by atoms with Gasteiger partial charge in [-0.25, -0.2) is 4.68 Å². The summed E-state index contributed by atoms with van der Waals surface area (Å²) in [6.07, 6.45) is 3.87. The van der Waals surface area contributed by atoms with Crippen molar-refractivity contribution in [2.24, 2.45) is 7.05 Å². The van der Waals surface area contributed by atoms with E-state index < -0.39 is 0 Å². The first-order chi connectivity index (χ1) is 9.44. The van der Waals surface area contributed by atoms with Gasteiger partial charge in [-0.15, -0.1) is 5.10 Å². The first kappa shape index (κ1) is 15.0. The molecule has 2 rings (SSSR count). The maximum Gasteiger partial charge on any atom is 0.209 e. The van der Waals surface area contributed by atoms with Crippen molar-refractivity contribution < 1.29 is 0 Å². The van der Waals surface area contributed by atoms with Gasteiger partial charge in [0.25, 0.3) is 0 Å². The average molecular weight is 295 g/mol. The zero-order valence-electron chi connectivity index (χ0n) is 12.4. The lowest BCUT2D eigenvalue weighted by Gasteiger charge is -2.20. The molecule has 0 aromatic carbocycles. The monoisotopic (exact) mass is 295 g/mol. The minimum absolute atomic E-state index is 0.108. The van der Waals surface area contributed by atoms with Crippen molar-refractivity contribution in [2.75, 3.05) is 6.54 Å². The number of nitrogens with zero attached hydrogens (tertiary/aromatic N) is 6. The van der Waals surface area contributed by atoms with E-state index in [2.05, 4.69) is 46.7 Å². The molecule has 1 N–H and O–H groups in total. The third-order valence-corrected chi connectivity index (χ3v) is 3.63. The summed E-state index contributed by atoms with van der Waals surface area (Å²) in [7, 11) is 1.91. The predicted molar refractivity (Wildman–Crippen MR) is 78.3 cm³/mol. The second-order valence-electron chi connectivity index (χ2n) is 5.67. The van der Waals surface area contributed by atoms with Gasteiger partial charge in [0.05, 0.1) is 12.7 Å². The fourth-order valence-electron chi connectivity index (χ4n) is 1.67. The number of nitrogens with one attached hydrogen (secondary N) is 1. The molecule has 7 nitrogen and oxygen atoms in total. The molecule has 0 spiro atoms. The summed E-state index contributed by atoms with van der Waals surface area (Å²) in [6, 6.07) is 0. The van der Waals surface area contributed by atoms with Crippen LogP contribution in [-0.4, -0.2) is 42.1 Å². The third kappa shape index (κ3) is 4.61. The van der Waals surface area contributed by atoms with Crippen LogP contribution < -0.4 is 5.32 Å². The molecule has 0 atom stereocenters. The van der Waals surface area contributed by atoms with Gasteiger partial charge < -0.3 is 5.32 Å². The Balaban J connectivity index is 1.85. The number of thioether (sulfide) groups is 1. The molecule has 0 unspecified atom stereocenters. The van der Waals surface area contributed by atoms with E-state index in [1.54, 1.807) is 16.4 Å². The lowest BCUT2D eigenvalue weighted by Crippen LogP contribution is -2.38. The smallest absolute Gasteiger partial charge is 0.209 e. The maximum atomic E-state index is 4.15. The van der Waals surface area contributed by atoms with Crippen LogP contribution in [0.2, 0.25) is 0 Å². The molecule has 2 aromatic heterocycles. The van der Waals surface area contributed by atoms with Crippen LogP contribution in [0.5, 0.6) is 0 Å². The molecule has 0 amide bonds. The van der Waals surface area contributed by atoms with E-state index in [9.17, 15) is 0 Å². The second kappa shape index (κ2) is 6.36. The largest absolute Gasteiger partial charge is 0.310 e. The van der Waals surface area contributed by atoms with Crippen molar-refractivity contribution in [3.8, 4) is 0 Å². The summed E-state index contributed by atoms with van der Waals surface area (Å²) in [4.78, 5) is 0. The van der Waals surface area contributed by atoms with Crippen LogP contribution in [0.3, 0.4) is 0 Å². The van der Waals surface area contributed by atoms with E-state index >= 15 is 0 Å². The predicted octanol–water partition coefficient (Wildman–Crippen LogP) is 1.09. The van der Waals surface area contributed by atoms with Gasteiger partial charge in [0.15, 0.2) is 0 Å². The van der Waals surface area contributed by atoms with Crippen LogP contribution >= 0.6 is 11.8 Å². The van der Waals surface area contributed by atoms with Crippen LogP contribution in [0.1, 0.15) is 26.3 Å². The Hall–Kier alpha value is -1.41. The Morgan fingerprint density at radius 2 is 2.15 bits per heavy atom. The molecule has 110 valence electrons. The minimum Gasteiger partial charge on any atom is -0.310 e. The molecule has 0 fully saturated rings. The zero-order chi connectivity index (χ0) is 14.6. The first-order valence-corrected chi connectivity index (χ1v) is 7.54. The molecule has 0 saturated carbocycles. The second-order valence-corrected chi connectivity index (χ2v) is 6.61. The maximum absolute atomic E-state index is 4.15. The molecule has 0 radical (unpaired) electrons. The number of tetrazole rings is 1. The van der Waals surface area contributed by atoms with Crippen LogP contribution in [0.15, 0.2) is 17.6 Å². The van der Waals surface area contributed by atoms with Crippen molar-refractivity contribution in [1.82, 2.24) is 35.3 Å². The van der Waals surface area contributed by atoms with E-state index in [1.807, 2.05) is 24.1 Å². The highest BCUT2D eigenvalue weighted by Gasteiger charge is 2.11. The van der Waals surface area contributed by atoms with Crippen molar-refractivity contribution in [2.45, 2.75) is 43.8 Å². The quantitative estimate of drug-likeness (QED) is 0.804. The van der Waals surface area contributed by atoms with Gasteiger partial charge in [-0.05, 0) is 31.2 Å². The zero-order valence-corrected chi connectivity index (χ0v) is 13.2. The van der Waals surface area contributed by atoms with Gasteiger partial charge in [-0.3, -0.25) is 4.68 Å². The average Bonchev–Trinajstić information content (AvgIpc) is 2.94. The molecule has 0 bridgehead atoms. The minimum atomic E-state index is 0.108. The van der Waals surface area contributed by atoms with E-state index in [0.29, 0.717) is 0 Å². The van der Waals surface area contributed by atoms with Crippen molar-refractivity contribution in [3.05, 3.63) is 18.0 Å². The molecule has 0 saturated heterocycles. The van der Waals surface area contributed by atoms with Crippen molar-refractivity contribution in [3.63, 3.8) is 0 Å². The standard InChI is InChI=1S/C12H21N7S/c1-12(2,3)13-5-6-19-11(15-16-17-19)20-9-10-7-14-18(4)8-10/h7-8,13H,5-6,9H2,1-4H3. The van der Waals surface area contributed by atoms with Gasteiger partial charge in [-0.1, -0.05) is 11.8 Å². The van der Waals surface area contributed by atoms with Crippen LogP contribution in [0.25, 0.3) is 0 Å². The van der Waals surface area contributed by atoms with Crippen molar-refractivity contribution >= 4 is 11.8 Å². The highest BCUT2D eigenvalue weighted by Crippen LogP contribution is 2.19. The number of aromatic nitrogens is 6. The fraction of sp³-hybridized carbons (Fsp3) is 0.667. The van der Waals surface area contributed by atoms with Gasteiger partial charge in [0, 0.05) is 36.6 Å². The fourth-order valence-corrected chi connectivity index (χ4v) is 2.49. The number of hydrogen-bond acceptors (Lipinski definition) is 6. The third-order valence-electron chi connectivity index (χ3n) is 2.60. The van der Waals surface area contributed by atoms with Gasteiger partial charge in [-0.2, -0.15) is 5.10 Å². The Labute approximate surface area is 123 Å². The first-order valence-electron chi connectivity index (χ1n) is 6.55. The Morgan fingerprint density at radius 1 is 1.35 bits per heavy atom. The van der Waals surface area contributed by atoms with E-state index in [-0.39, 0.29) is 5.54 Å². The summed E-state index contributed by atoms with van der Waals surface area (Å²) in [5.74, 6) is 0.820. The topological polar surface area (TPSA) is 73.5 Å². The normalized spacial score (nSPS) is 12.0. The molecule has 0 aliphatic carbocycles. The summed E-state index contributed by atoms with van der Waals surface area (Å²) in [6.45, 7) is 8.04. The summed E-state index contributed by atoms with van der Waals surface area (Å²) < 4.78 is 3.63. The number of aryl methyl sites for hydroxylation is 1. The number of rotatable bonds is 6. The Bertz CT molecular complexity index is 540. The van der Waals surface area contributed by atoms with Crippen LogP contribution in [-0.2, 0) is 19.3 Å². The molecule has 0 aliphatic heterocycles. The summed E-state index contributed by atoms with van der Waals surface area (Å²) >= 11 is 1.62. The SMILES string of the molecule is Cn1cc(CSc2nnnn2CCNC(C)(C)C)cn1. The van der Waals surface area contributed by atoms with Gasteiger partial charge >= 0.3 is 0 Å². The number of hydrogen-bond donors (Lipinski definition) is 1. The van der Waals surface area contributed by atoms with Gasteiger partial charge in [0.2, 0.25) is 5.16 Å². The Morgan fingerprint density at radius 3 is 2.80 bits per heavy atom. The summed E-state index contributed by atoms with van der Waals surface area (Å²) in [5.41, 5.74) is 1.27. The molecule has 2 aromatic rings. The van der Waals surface area contributed by atoms with E-state index in [1.165, 1.54) is 5.56 Å². The molecule has 0 aliphatic rings. The molecule has 8 heteroatoms. The van der Waals surface area contributed by atoms with E-state index in [4.69, 9.17) is 0 Å². The molecular weight excluding hydrogens is 274 g/mol. The molecule has 2 heterocycles. The lowest BCUT2D eigenvalue weighted by molar-refractivity contribution is 0.396. The van der Waals surface area contributed by atoms with Crippen LogP contribution in [0.4, 0.5) is 0 Å². The molecular formula is C12H21N7S. The van der Waals surface area contributed by atoms with Gasteiger partial charge in [0.1, 0.15) is 0 Å². The highest BCUT2D eigenvalue weighted by atomic mass is 32.2.